The molecule has 0 bridgehead atoms. The Kier molecular flexibility index (Phi) is 4.51. The van der Waals surface area contributed by atoms with E-state index in [0.29, 0.717) is 6.04 Å². The molecule has 0 aliphatic carbocycles. The van der Waals surface area contributed by atoms with Crippen LogP contribution in [0.1, 0.15) is 25.3 Å². The second-order valence-electron chi connectivity index (χ2n) is 4.70. The van der Waals surface area contributed by atoms with E-state index in [1.165, 1.54) is 12.8 Å². The normalized spacial score (nSPS) is 18.5. The number of nitrogens with one attached hydrogen (secondary N) is 1. The highest BCUT2D eigenvalue weighted by Crippen LogP contribution is 2.15. The monoisotopic (exact) mass is 236 g/mol. The average Bonchev–Trinajstić information content (AvgIpc) is 2.35. The molecule has 1 aliphatic heterocycles. The van der Waals surface area contributed by atoms with Crippen LogP contribution in [-0.4, -0.2) is 30.6 Å². The summed E-state index contributed by atoms with van der Waals surface area (Å²) >= 11 is 0. The molecule has 1 aromatic carbocycles. The maximum atomic E-state index is 13.5. The maximum Gasteiger partial charge on any atom is 0.127 e. The van der Waals surface area contributed by atoms with Crippen LogP contribution >= 0.6 is 0 Å². The van der Waals surface area contributed by atoms with Gasteiger partial charge in [0.1, 0.15) is 5.82 Å². The minimum Gasteiger partial charge on any atom is -0.314 e. The van der Waals surface area contributed by atoms with Crippen LogP contribution in [-0.2, 0) is 6.54 Å². The predicted octanol–water partition coefficient (Wildman–Crippen LogP) is 2.40. The van der Waals surface area contributed by atoms with E-state index in [9.17, 15) is 4.39 Å². The van der Waals surface area contributed by atoms with E-state index in [1.807, 2.05) is 12.1 Å². The largest absolute Gasteiger partial charge is 0.314 e. The second-order valence-corrected chi connectivity index (χ2v) is 4.70. The zero-order valence-corrected chi connectivity index (χ0v) is 10.5. The molecule has 0 spiro atoms. The van der Waals surface area contributed by atoms with Crippen LogP contribution < -0.4 is 5.32 Å². The first-order valence-electron chi connectivity index (χ1n) is 6.48. The zero-order valence-electron chi connectivity index (χ0n) is 10.5. The van der Waals surface area contributed by atoms with Crippen molar-refractivity contribution in [3.8, 4) is 0 Å². The average molecular weight is 236 g/mol. The fraction of sp³-hybridized carbons (Fsp3) is 0.571. The highest BCUT2D eigenvalue weighted by Gasteiger charge is 2.18. The number of benzene rings is 1. The van der Waals surface area contributed by atoms with E-state index < -0.39 is 0 Å². The van der Waals surface area contributed by atoms with Crippen LogP contribution in [0.4, 0.5) is 4.39 Å². The van der Waals surface area contributed by atoms with E-state index in [-0.39, 0.29) is 5.82 Å². The molecule has 1 aromatic rings. The third-order valence-electron chi connectivity index (χ3n) is 3.43. The van der Waals surface area contributed by atoms with Gasteiger partial charge in [0.25, 0.3) is 0 Å². The molecule has 1 fully saturated rings. The molecule has 0 aromatic heterocycles. The Morgan fingerprint density at radius 2 is 2.00 bits per heavy atom. The Morgan fingerprint density at radius 1 is 1.29 bits per heavy atom. The molecular formula is C14H21FN2. The Hall–Kier alpha value is -0.930. The second kappa shape index (κ2) is 6.12. The third-order valence-corrected chi connectivity index (χ3v) is 3.43. The van der Waals surface area contributed by atoms with Crippen molar-refractivity contribution in [2.24, 2.45) is 0 Å². The zero-order chi connectivity index (χ0) is 12.1. The lowest BCUT2D eigenvalue weighted by molar-refractivity contribution is 0.190. The summed E-state index contributed by atoms with van der Waals surface area (Å²) in [5, 5.41) is 3.48. The standard InChI is InChI=1S/C14H21FN2/c1-2-16-13-7-9-17(10-8-13)11-12-5-3-4-6-14(12)15/h3-6,13,16H,2,7-11H2,1H3. The van der Waals surface area contributed by atoms with E-state index in [1.54, 1.807) is 12.1 Å². The van der Waals surface area contributed by atoms with Crippen molar-refractivity contribution in [1.29, 1.82) is 0 Å². The molecule has 1 heterocycles. The van der Waals surface area contributed by atoms with Gasteiger partial charge in [-0.2, -0.15) is 0 Å². The summed E-state index contributed by atoms with van der Waals surface area (Å²) in [6.07, 6.45) is 2.34. The molecule has 17 heavy (non-hydrogen) atoms. The number of likely N-dealkylation sites (tertiary alicyclic amines) is 1. The highest BCUT2D eigenvalue weighted by atomic mass is 19.1. The van der Waals surface area contributed by atoms with Gasteiger partial charge >= 0.3 is 0 Å². The predicted molar refractivity (Wildman–Crippen MR) is 68.4 cm³/mol. The van der Waals surface area contributed by atoms with Gasteiger partial charge in [0.15, 0.2) is 0 Å². The molecule has 1 N–H and O–H groups in total. The number of hydrogen-bond acceptors (Lipinski definition) is 2. The van der Waals surface area contributed by atoms with Crippen molar-refractivity contribution >= 4 is 0 Å². The Morgan fingerprint density at radius 3 is 2.65 bits per heavy atom. The summed E-state index contributed by atoms with van der Waals surface area (Å²) in [5.41, 5.74) is 0.814. The van der Waals surface area contributed by atoms with Crippen LogP contribution in [0.5, 0.6) is 0 Å². The summed E-state index contributed by atoms with van der Waals surface area (Å²) in [4.78, 5) is 2.34. The topological polar surface area (TPSA) is 15.3 Å². The van der Waals surface area contributed by atoms with Gasteiger partial charge in [-0.25, -0.2) is 4.39 Å². The summed E-state index contributed by atoms with van der Waals surface area (Å²) < 4.78 is 13.5. The summed E-state index contributed by atoms with van der Waals surface area (Å²) in [6, 6.07) is 7.73. The Bertz CT molecular complexity index is 346. The van der Waals surface area contributed by atoms with E-state index in [0.717, 1.165) is 31.7 Å². The number of piperidine rings is 1. The summed E-state index contributed by atoms with van der Waals surface area (Å²) in [5.74, 6) is -0.0821. The molecule has 2 rings (SSSR count). The van der Waals surface area contributed by atoms with Gasteiger partial charge in [0.05, 0.1) is 0 Å². The van der Waals surface area contributed by atoms with Gasteiger partial charge in [-0.15, -0.1) is 0 Å². The van der Waals surface area contributed by atoms with Crippen LogP contribution in [0.25, 0.3) is 0 Å². The van der Waals surface area contributed by atoms with Gasteiger partial charge in [0, 0.05) is 18.2 Å². The van der Waals surface area contributed by atoms with Crippen molar-refractivity contribution in [2.45, 2.75) is 32.4 Å². The summed E-state index contributed by atoms with van der Waals surface area (Å²) in [6.45, 7) is 6.05. The number of nitrogens with zero attached hydrogens (tertiary/aromatic N) is 1. The third kappa shape index (κ3) is 3.51. The molecule has 0 amide bonds. The molecule has 94 valence electrons. The number of halogens is 1. The number of hydrogen-bond donors (Lipinski definition) is 1. The van der Waals surface area contributed by atoms with Crippen LogP contribution in [0.3, 0.4) is 0 Å². The molecule has 0 radical (unpaired) electrons. The smallest absolute Gasteiger partial charge is 0.127 e. The first-order chi connectivity index (χ1) is 8.29. The molecule has 0 unspecified atom stereocenters. The van der Waals surface area contributed by atoms with Crippen molar-refractivity contribution in [1.82, 2.24) is 10.2 Å². The van der Waals surface area contributed by atoms with Gasteiger partial charge < -0.3 is 5.32 Å². The molecule has 3 heteroatoms. The van der Waals surface area contributed by atoms with Crippen molar-refractivity contribution in [2.75, 3.05) is 19.6 Å². The minimum atomic E-state index is -0.0821. The first-order valence-corrected chi connectivity index (χ1v) is 6.48. The minimum absolute atomic E-state index is 0.0821. The fourth-order valence-corrected chi connectivity index (χ4v) is 2.45. The highest BCUT2D eigenvalue weighted by molar-refractivity contribution is 5.17. The maximum absolute atomic E-state index is 13.5. The van der Waals surface area contributed by atoms with Gasteiger partial charge in [-0.05, 0) is 38.5 Å². The quantitative estimate of drug-likeness (QED) is 0.863. The lowest BCUT2D eigenvalue weighted by atomic mass is 10.0. The van der Waals surface area contributed by atoms with Gasteiger partial charge in [0.2, 0.25) is 0 Å². The molecular weight excluding hydrogens is 215 g/mol. The van der Waals surface area contributed by atoms with Crippen LogP contribution in [0.15, 0.2) is 24.3 Å². The summed E-state index contributed by atoms with van der Waals surface area (Å²) in [7, 11) is 0. The molecule has 0 saturated carbocycles. The van der Waals surface area contributed by atoms with Gasteiger partial charge in [-0.1, -0.05) is 25.1 Å². The van der Waals surface area contributed by atoms with Crippen LogP contribution in [0.2, 0.25) is 0 Å². The number of rotatable bonds is 4. The SMILES string of the molecule is CCNC1CCN(Cc2ccccc2F)CC1. The van der Waals surface area contributed by atoms with E-state index >= 15 is 0 Å². The Labute approximate surface area is 103 Å². The molecule has 2 nitrogen and oxygen atoms in total. The lowest BCUT2D eigenvalue weighted by Gasteiger charge is -2.32. The first kappa shape index (κ1) is 12.5. The van der Waals surface area contributed by atoms with Crippen molar-refractivity contribution < 1.29 is 4.39 Å². The van der Waals surface area contributed by atoms with Crippen molar-refractivity contribution in [3.05, 3.63) is 35.6 Å². The lowest BCUT2D eigenvalue weighted by Crippen LogP contribution is -2.42. The fourth-order valence-electron chi connectivity index (χ4n) is 2.45. The van der Waals surface area contributed by atoms with E-state index in [4.69, 9.17) is 0 Å². The molecule has 1 aliphatic rings. The van der Waals surface area contributed by atoms with E-state index in [2.05, 4.69) is 17.1 Å². The molecule has 1 saturated heterocycles. The Balaban J connectivity index is 1.84. The van der Waals surface area contributed by atoms with Crippen LogP contribution in [0, 0.1) is 5.82 Å². The van der Waals surface area contributed by atoms with Crippen molar-refractivity contribution in [3.63, 3.8) is 0 Å². The molecule has 0 atom stereocenters. The van der Waals surface area contributed by atoms with Gasteiger partial charge in [-0.3, -0.25) is 4.90 Å².